The van der Waals surface area contributed by atoms with E-state index < -0.39 is 21.8 Å². The molecule has 0 bridgehead atoms. The summed E-state index contributed by atoms with van der Waals surface area (Å²) in [5, 5.41) is 2.81. The first-order valence-electron chi connectivity index (χ1n) is 9.43. The largest absolute Gasteiger partial charge is 0.497 e. The first kappa shape index (κ1) is 21.6. The van der Waals surface area contributed by atoms with E-state index in [0.717, 1.165) is 9.87 Å². The van der Waals surface area contributed by atoms with E-state index in [0.29, 0.717) is 24.5 Å². The van der Waals surface area contributed by atoms with Gasteiger partial charge in [-0.25, -0.2) is 12.7 Å². The highest BCUT2D eigenvalue weighted by Gasteiger charge is 2.42. The fourth-order valence-electron chi connectivity index (χ4n) is 3.35. The number of nitrogens with zero attached hydrogens (tertiary/aromatic N) is 1. The van der Waals surface area contributed by atoms with Crippen LogP contribution in [0.2, 0.25) is 0 Å². The van der Waals surface area contributed by atoms with E-state index in [1.807, 2.05) is 6.07 Å². The zero-order valence-electron chi connectivity index (χ0n) is 17.0. The summed E-state index contributed by atoms with van der Waals surface area (Å²) >= 11 is 0. The van der Waals surface area contributed by atoms with Gasteiger partial charge in [0.15, 0.2) is 0 Å². The first-order chi connectivity index (χ1) is 14.3. The molecule has 30 heavy (non-hydrogen) atoms. The molecule has 1 N–H and O–H groups in total. The molecule has 0 saturated carbocycles. The van der Waals surface area contributed by atoms with Crippen molar-refractivity contribution >= 4 is 27.5 Å². The summed E-state index contributed by atoms with van der Waals surface area (Å²) < 4.78 is 35.9. The molecule has 1 heterocycles. The lowest BCUT2D eigenvalue weighted by atomic mass is 10.1. The van der Waals surface area contributed by atoms with Crippen molar-refractivity contribution < 1.29 is 27.5 Å². The van der Waals surface area contributed by atoms with Crippen LogP contribution in [0.4, 0.5) is 5.69 Å². The summed E-state index contributed by atoms with van der Waals surface area (Å²) in [5.74, 6) is -0.307. The Morgan fingerprint density at radius 3 is 2.57 bits per heavy atom. The second-order valence-electron chi connectivity index (χ2n) is 7.02. The number of amides is 2. The quantitative estimate of drug-likeness (QED) is 0.718. The summed E-state index contributed by atoms with van der Waals surface area (Å²) in [5.41, 5.74) is 1.33. The van der Waals surface area contributed by atoms with Gasteiger partial charge in [0, 0.05) is 12.1 Å². The highest BCUT2D eigenvalue weighted by Crippen LogP contribution is 2.29. The lowest BCUT2D eigenvalue weighted by Gasteiger charge is -2.16. The normalized spacial score (nSPS) is 17.6. The van der Waals surface area contributed by atoms with Crippen molar-refractivity contribution in [2.24, 2.45) is 5.92 Å². The van der Waals surface area contributed by atoms with Crippen LogP contribution in [0.5, 0.6) is 11.5 Å². The number of sulfonamides is 1. The van der Waals surface area contributed by atoms with Gasteiger partial charge in [0.25, 0.3) is 5.91 Å². The van der Waals surface area contributed by atoms with E-state index in [9.17, 15) is 18.0 Å². The van der Waals surface area contributed by atoms with Crippen molar-refractivity contribution in [3.63, 3.8) is 0 Å². The molecule has 9 heteroatoms. The van der Waals surface area contributed by atoms with E-state index in [2.05, 4.69) is 5.32 Å². The first-order valence-corrected chi connectivity index (χ1v) is 11.0. The molecular weight excluding hydrogens is 408 g/mol. The fourth-order valence-corrected chi connectivity index (χ4v) is 5.16. The van der Waals surface area contributed by atoms with Crippen molar-refractivity contribution in [1.82, 2.24) is 5.32 Å². The Labute approximate surface area is 175 Å². The number of anilines is 1. The number of rotatable bonds is 7. The third kappa shape index (κ3) is 4.40. The number of nitrogens with one attached hydrogen (secondary N) is 1. The Kier molecular flexibility index (Phi) is 6.31. The zero-order valence-corrected chi connectivity index (χ0v) is 17.9. The van der Waals surface area contributed by atoms with Crippen LogP contribution in [0.3, 0.4) is 0 Å². The minimum atomic E-state index is -3.72. The van der Waals surface area contributed by atoms with Crippen molar-refractivity contribution in [3.8, 4) is 11.5 Å². The number of methoxy groups -OCH3 is 2. The van der Waals surface area contributed by atoms with Gasteiger partial charge in [-0.3, -0.25) is 9.59 Å². The molecule has 2 amide bonds. The predicted molar refractivity (Wildman–Crippen MR) is 112 cm³/mol. The summed E-state index contributed by atoms with van der Waals surface area (Å²) in [6.07, 6.45) is 0.516. The Morgan fingerprint density at radius 1 is 1.17 bits per heavy atom. The fraction of sp³-hybridized carbons (Fsp3) is 0.333. The maximum atomic E-state index is 12.6. The smallest absolute Gasteiger partial charge is 0.251 e. The van der Waals surface area contributed by atoms with Gasteiger partial charge in [0.2, 0.25) is 15.9 Å². The summed E-state index contributed by atoms with van der Waals surface area (Å²) in [7, 11) is -0.573. The van der Waals surface area contributed by atoms with Gasteiger partial charge in [-0.1, -0.05) is 13.0 Å². The van der Waals surface area contributed by atoms with Crippen LogP contribution >= 0.6 is 0 Å². The number of hydrogen-bond donors (Lipinski definition) is 1. The van der Waals surface area contributed by atoms with Crippen molar-refractivity contribution in [1.29, 1.82) is 0 Å². The van der Waals surface area contributed by atoms with Crippen molar-refractivity contribution in [3.05, 3.63) is 53.6 Å². The van der Waals surface area contributed by atoms with Gasteiger partial charge in [0.05, 0.1) is 31.6 Å². The topological polar surface area (TPSA) is 102 Å². The minimum Gasteiger partial charge on any atom is -0.497 e. The number of hydrogen-bond acceptors (Lipinski definition) is 6. The molecule has 1 saturated heterocycles. The molecule has 1 aliphatic rings. The van der Waals surface area contributed by atoms with Crippen LogP contribution in [0.25, 0.3) is 0 Å². The Balaban J connectivity index is 1.70. The maximum Gasteiger partial charge on any atom is 0.251 e. The van der Waals surface area contributed by atoms with Crippen LogP contribution < -0.4 is 19.1 Å². The third-order valence-electron chi connectivity index (χ3n) is 4.87. The van der Waals surface area contributed by atoms with E-state index >= 15 is 0 Å². The second-order valence-corrected chi connectivity index (χ2v) is 8.88. The number of ether oxygens (including phenoxy) is 2. The van der Waals surface area contributed by atoms with Gasteiger partial charge in [-0.2, -0.15) is 0 Å². The average molecular weight is 432 g/mol. The molecule has 0 aromatic heterocycles. The van der Waals surface area contributed by atoms with Crippen LogP contribution in [0, 0.1) is 5.92 Å². The van der Waals surface area contributed by atoms with Gasteiger partial charge in [-0.05, 0) is 48.4 Å². The molecule has 0 aliphatic carbocycles. The Morgan fingerprint density at radius 2 is 1.93 bits per heavy atom. The van der Waals surface area contributed by atoms with Crippen LogP contribution in [-0.4, -0.2) is 46.7 Å². The SMILES string of the molecule is COc1ccc(OC)c(CCNC(=O)c2cccc(N3C(=O)[C@H](C)CS3(=O)=O)c2)c1. The number of benzene rings is 2. The molecule has 3 rings (SSSR count). The molecule has 0 spiro atoms. The standard InChI is InChI=1S/C21H24N2O6S/c1-14-13-30(26,27)23(21(14)25)17-6-4-5-16(11-17)20(24)22-10-9-15-12-18(28-2)7-8-19(15)29-3/h4-8,11-12,14H,9-10,13H2,1-3H3,(H,22,24)/t14-/m1/s1. The van der Waals surface area contributed by atoms with Crippen molar-refractivity contribution in [2.75, 3.05) is 30.8 Å². The van der Waals surface area contributed by atoms with Gasteiger partial charge in [0.1, 0.15) is 11.5 Å². The molecule has 1 aliphatic heterocycles. The van der Waals surface area contributed by atoms with E-state index in [4.69, 9.17) is 9.47 Å². The molecular formula is C21H24N2O6S. The van der Waals surface area contributed by atoms with Crippen LogP contribution in [0.1, 0.15) is 22.8 Å². The van der Waals surface area contributed by atoms with Crippen molar-refractivity contribution in [2.45, 2.75) is 13.3 Å². The molecule has 0 radical (unpaired) electrons. The molecule has 2 aromatic carbocycles. The van der Waals surface area contributed by atoms with E-state index in [1.165, 1.54) is 12.1 Å². The third-order valence-corrected chi connectivity index (χ3v) is 6.74. The average Bonchev–Trinajstić information content (AvgIpc) is 2.94. The molecule has 160 valence electrons. The van der Waals surface area contributed by atoms with Gasteiger partial charge >= 0.3 is 0 Å². The van der Waals surface area contributed by atoms with Crippen LogP contribution in [-0.2, 0) is 21.2 Å². The summed E-state index contributed by atoms with van der Waals surface area (Å²) in [6.45, 7) is 1.91. The lowest BCUT2D eigenvalue weighted by Crippen LogP contribution is -2.31. The highest BCUT2D eigenvalue weighted by molar-refractivity contribution is 7.94. The van der Waals surface area contributed by atoms with E-state index in [1.54, 1.807) is 45.4 Å². The lowest BCUT2D eigenvalue weighted by molar-refractivity contribution is -0.119. The number of carbonyl (C=O) groups is 2. The molecule has 1 atom stereocenters. The molecule has 1 fully saturated rings. The van der Waals surface area contributed by atoms with E-state index in [-0.39, 0.29) is 22.9 Å². The highest BCUT2D eigenvalue weighted by atomic mass is 32.2. The molecule has 0 unspecified atom stereocenters. The summed E-state index contributed by atoms with van der Waals surface area (Å²) in [6, 6.07) is 11.5. The second kappa shape index (κ2) is 8.74. The summed E-state index contributed by atoms with van der Waals surface area (Å²) in [4.78, 5) is 24.8. The van der Waals surface area contributed by atoms with Gasteiger partial charge in [-0.15, -0.1) is 0 Å². The Bertz CT molecular complexity index is 1070. The zero-order chi connectivity index (χ0) is 21.9. The van der Waals surface area contributed by atoms with Crippen LogP contribution in [0.15, 0.2) is 42.5 Å². The monoisotopic (exact) mass is 432 g/mol. The molecule has 8 nitrogen and oxygen atoms in total. The van der Waals surface area contributed by atoms with Gasteiger partial charge < -0.3 is 14.8 Å². The predicted octanol–water partition coefficient (Wildman–Crippen LogP) is 1.99. The maximum absolute atomic E-state index is 12.6. The Hall–Kier alpha value is -3.07. The number of carbonyl (C=O) groups excluding carboxylic acids is 2. The minimum absolute atomic E-state index is 0.173. The molecule has 2 aromatic rings.